The van der Waals surface area contributed by atoms with Gasteiger partial charge < -0.3 is 10.2 Å². The molecule has 0 aliphatic carbocycles. The van der Waals surface area contributed by atoms with Crippen LogP contribution in [-0.4, -0.2) is 22.4 Å². The van der Waals surface area contributed by atoms with Crippen molar-refractivity contribution < 1.29 is 10.2 Å². The molecule has 0 aromatic carbocycles. The minimum absolute atomic E-state index is 0.306. The Morgan fingerprint density at radius 3 is 2.10 bits per heavy atom. The van der Waals surface area contributed by atoms with Crippen LogP contribution in [0.4, 0.5) is 0 Å². The number of rotatable bonds is 5. The lowest BCUT2D eigenvalue weighted by Gasteiger charge is -2.12. The van der Waals surface area contributed by atoms with Gasteiger partial charge in [0.1, 0.15) is 0 Å². The van der Waals surface area contributed by atoms with Crippen LogP contribution in [0.5, 0.6) is 0 Å². The van der Waals surface area contributed by atoms with Crippen LogP contribution in [0.3, 0.4) is 0 Å². The monoisotopic (exact) mass is 146 g/mol. The van der Waals surface area contributed by atoms with Crippen molar-refractivity contribution in [1.82, 2.24) is 0 Å². The first-order valence-corrected chi connectivity index (χ1v) is 4.06. The molecule has 0 saturated carbocycles. The molecule has 0 aliphatic heterocycles. The molecule has 0 aromatic rings. The van der Waals surface area contributed by atoms with E-state index in [2.05, 4.69) is 0 Å². The Labute approximate surface area is 62.9 Å². The fourth-order valence-corrected chi connectivity index (χ4v) is 0.932. The van der Waals surface area contributed by atoms with Gasteiger partial charge in [0.25, 0.3) is 0 Å². The Bertz CT molecular complexity index is 73.7. The van der Waals surface area contributed by atoms with E-state index in [-0.39, 0.29) is 12.2 Å². The summed E-state index contributed by atoms with van der Waals surface area (Å²) in [6, 6.07) is 0. The standard InChI is InChI=1S/C8H18O2/c1-3-5-8(10)6-7(9)4-2/h7-10H,3-6H2,1-2H3/t7-,8-/m1/s1. The normalized spacial score (nSPS) is 16.8. The van der Waals surface area contributed by atoms with Gasteiger partial charge in [0.05, 0.1) is 12.2 Å². The summed E-state index contributed by atoms with van der Waals surface area (Å²) in [6.45, 7) is 3.95. The zero-order valence-corrected chi connectivity index (χ0v) is 6.88. The fourth-order valence-electron chi connectivity index (χ4n) is 0.932. The number of aliphatic hydroxyl groups excluding tert-OH is 2. The molecular formula is C8H18O2. The average Bonchev–Trinajstić information content (AvgIpc) is 1.88. The van der Waals surface area contributed by atoms with Gasteiger partial charge >= 0.3 is 0 Å². The van der Waals surface area contributed by atoms with Crippen molar-refractivity contribution >= 4 is 0 Å². The zero-order chi connectivity index (χ0) is 7.98. The van der Waals surface area contributed by atoms with Crippen molar-refractivity contribution in [2.24, 2.45) is 0 Å². The van der Waals surface area contributed by atoms with E-state index in [0.717, 1.165) is 19.3 Å². The second kappa shape index (κ2) is 5.69. The molecule has 0 saturated heterocycles. The summed E-state index contributed by atoms with van der Waals surface area (Å²) in [5.74, 6) is 0. The molecule has 2 heteroatoms. The van der Waals surface area contributed by atoms with E-state index in [4.69, 9.17) is 5.11 Å². The summed E-state index contributed by atoms with van der Waals surface area (Å²) in [5.41, 5.74) is 0. The minimum Gasteiger partial charge on any atom is -0.393 e. The number of hydrogen-bond acceptors (Lipinski definition) is 2. The largest absolute Gasteiger partial charge is 0.393 e. The molecule has 10 heavy (non-hydrogen) atoms. The third kappa shape index (κ3) is 4.77. The lowest BCUT2D eigenvalue weighted by Crippen LogP contribution is -2.16. The van der Waals surface area contributed by atoms with Crippen LogP contribution in [0.2, 0.25) is 0 Å². The maximum atomic E-state index is 9.19. The van der Waals surface area contributed by atoms with Crippen molar-refractivity contribution in [2.45, 2.75) is 51.7 Å². The maximum Gasteiger partial charge on any atom is 0.0564 e. The van der Waals surface area contributed by atoms with Crippen LogP contribution in [0.25, 0.3) is 0 Å². The lowest BCUT2D eigenvalue weighted by atomic mass is 10.1. The molecule has 0 bridgehead atoms. The molecular weight excluding hydrogens is 128 g/mol. The van der Waals surface area contributed by atoms with Gasteiger partial charge in [-0.3, -0.25) is 0 Å². The summed E-state index contributed by atoms with van der Waals surface area (Å²) >= 11 is 0. The molecule has 62 valence electrons. The zero-order valence-electron chi connectivity index (χ0n) is 6.88. The molecule has 0 aliphatic rings. The van der Waals surface area contributed by atoms with Crippen molar-refractivity contribution in [3.05, 3.63) is 0 Å². The Hall–Kier alpha value is -0.0800. The summed E-state index contributed by atoms with van der Waals surface area (Å²) in [6.07, 6.45) is 2.43. The van der Waals surface area contributed by atoms with Gasteiger partial charge in [-0.25, -0.2) is 0 Å². The molecule has 0 rings (SSSR count). The van der Waals surface area contributed by atoms with Gasteiger partial charge in [0, 0.05) is 0 Å². The van der Waals surface area contributed by atoms with Crippen LogP contribution < -0.4 is 0 Å². The molecule has 0 spiro atoms. The molecule has 0 amide bonds. The van der Waals surface area contributed by atoms with E-state index in [0.29, 0.717) is 6.42 Å². The Morgan fingerprint density at radius 1 is 1.10 bits per heavy atom. The van der Waals surface area contributed by atoms with E-state index in [9.17, 15) is 5.11 Å². The number of hydrogen-bond donors (Lipinski definition) is 2. The van der Waals surface area contributed by atoms with E-state index in [1.165, 1.54) is 0 Å². The smallest absolute Gasteiger partial charge is 0.0564 e. The first-order chi connectivity index (χ1) is 4.70. The van der Waals surface area contributed by atoms with E-state index < -0.39 is 0 Å². The van der Waals surface area contributed by atoms with Crippen LogP contribution >= 0.6 is 0 Å². The molecule has 0 aromatic heterocycles. The van der Waals surface area contributed by atoms with Gasteiger partial charge in [0.15, 0.2) is 0 Å². The van der Waals surface area contributed by atoms with Crippen LogP contribution in [0, 0.1) is 0 Å². The number of aliphatic hydroxyl groups is 2. The molecule has 2 nitrogen and oxygen atoms in total. The molecule has 0 fully saturated rings. The minimum atomic E-state index is -0.318. The van der Waals surface area contributed by atoms with Gasteiger partial charge in [-0.1, -0.05) is 20.3 Å². The van der Waals surface area contributed by atoms with Crippen LogP contribution in [0.15, 0.2) is 0 Å². The first kappa shape index (κ1) is 9.92. The van der Waals surface area contributed by atoms with Gasteiger partial charge in [-0.05, 0) is 19.3 Å². The Balaban J connectivity index is 3.27. The molecule has 0 unspecified atom stereocenters. The summed E-state index contributed by atoms with van der Waals surface area (Å²) in [5, 5.41) is 18.3. The third-order valence-electron chi connectivity index (χ3n) is 1.64. The third-order valence-corrected chi connectivity index (χ3v) is 1.64. The maximum absolute atomic E-state index is 9.19. The summed E-state index contributed by atoms with van der Waals surface area (Å²) in [4.78, 5) is 0. The topological polar surface area (TPSA) is 40.5 Å². The van der Waals surface area contributed by atoms with E-state index >= 15 is 0 Å². The fraction of sp³-hybridized carbons (Fsp3) is 1.00. The lowest BCUT2D eigenvalue weighted by molar-refractivity contribution is 0.0733. The second-order valence-corrected chi connectivity index (χ2v) is 2.74. The average molecular weight is 146 g/mol. The van der Waals surface area contributed by atoms with Crippen LogP contribution in [-0.2, 0) is 0 Å². The second-order valence-electron chi connectivity index (χ2n) is 2.74. The highest BCUT2D eigenvalue weighted by molar-refractivity contribution is 4.60. The van der Waals surface area contributed by atoms with Crippen molar-refractivity contribution in [1.29, 1.82) is 0 Å². The van der Waals surface area contributed by atoms with Gasteiger partial charge in [-0.15, -0.1) is 0 Å². The summed E-state index contributed by atoms with van der Waals surface area (Å²) < 4.78 is 0. The Kier molecular flexibility index (Phi) is 5.64. The van der Waals surface area contributed by atoms with Crippen molar-refractivity contribution in [3.8, 4) is 0 Å². The highest BCUT2D eigenvalue weighted by atomic mass is 16.3. The van der Waals surface area contributed by atoms with E-state index in [1.807, 2.05) is 13.8 Å². The quantitative estimate of drug-likeness (QED) is 0.614. The highest BCUT2D eigenvalue weighted by Gasteiger charge is 2.08. The molecule has 0 radical (unpaired) electrons. The predicted octanol–water partition coefficient (Wildman–Crippen LogP) is 1.31. The van der Waals surface area contributed by atoms with Crippen LogP contribution in [0.1, 0.15) is 39.5 Å². The Morgan fingerprint density at radius 2 is 1.70 bits per heavy atom. The SMILES string of the molecule is CCC[C@@H](O)C[C@H](O)CC. The van der Waals surface area contributed by atoms with Gasteiger partial charge in [-0.2, -0.15) is 0 Å². The molecule has 2 N–H and O–H groups in total. The van der Waals surface area contributed by atoms with Crippen molar-refractivity contribution in [3.63, 3.8) is 0 Å². The van der Waals surface area contributed by atoms with E-state index in [1.54, 1.807) is 0 Å². The first-order valence-electron chi connectivity index (χ1n) is 4.06. The molecule has 0 heterocycles. The highest BCUT2D eigenvalue weighted by Crippen LogP contribution is 2.06. The van der Waals surface area contributed by atoms with Gasteiger partial charge in [0.2, 0.25) is 0 Å². The molecule has 2 atom stereocenters. The predicted molar refractivity (Wildman–Crippen MR) is 41.8 cm³/mol. The summed E-state index contributed by atoms with van der Waals surface area (Å²) in [7, 11) is 0. The van der Waals surface area contributed by atoms with Crippen molar-refractivity contribution in [2.75, 3.05) is 0 Å².